The fraction of sp³-hybridized carbons (Fsp3) is 0.850. The highest BCUT2D eigenvalue weighted by molar-refractivity contribution is 5.87. The quantitative estimate of drug-likeness (QED) is 0.693. The standard InChI is InChI=1S/C20H28O4/c1-18-7-4-14-13(15(18)2-3-17(18)21)5-8-19(22)12-20(9-6-16(14)19)23-10-11-24-20/h13,15,22H,2-12H2,1H3. The molecule has 0 bridgehead atoms. The molecule has 4 atom stereocenters. The Hall–Kier alpha value is -0.710. The maximum atomic E-state index is 12.4. The molecule has 0 radical (unpaired) electrons. The van der Waals surface area contributed by atoms with Crippen molar-refractivity contribution >= 4 is 5.78 Å². The molecule has 4 unspecified atom stereocenters. The molecular weight excluding hydrogens is 304 g/mol. The number of aliphatic hydroxyl groups is 1. The van der Waals surface area contributed by atoms with Crippen molar-refractivity contribution < 1.29 is 19.4 Å². The van der Waals surface area contributed by atoms with E-state index in [1.807, 2.05) is 0 Å². The number of Topliss-reactive ketones (excluding diaryl/α,β-unsaturated/α-hetero) is 1. The Morgan fingerprint density at radius 3 is 2.62 bits per heavy atom. The topological polar surface area (TPSA) is 55.8 Å². The van der Waals surface area contributed by atoms with Gasteiger partial charge in [-0.1, -0.05) is 12.5 Å². The highest BCUT2D eigenvalue weighted by Crippen LogP contribution is 2.61. The molecule has 0 aromatic heterocycles. The summed E-state index contributed by atoms with van der Waals surface area (Å²) < 4.78 is 11.8. The molecule has 0 aromatic rings. The van der Waals surface area contributed by atoms with Crippen LogP contribution >= 0.6 is 0 Å². The van der Waals surface area contributed by atoms with E-state index in [1.165, 1.54) is 11.1 Å². The lowest BCUT2D eigenvalue weighted by molar-refractivity contribution is -0.208. The number of carbonyl (C=O) groups excluding carboxylic acids is 1. The Labute approximate surface area is 143 Å². The fourth-order valence-electron chi connectivity index (χ4n) is 6.67. The van der Waals surface area contributed by atoms with Gasteiger partial charge in [0.25, 0.3) is 0 Å². The zero-order valence-corrected chi connectivity index (χ0v) is 14.6. The minimum Gasteiger partial charge on any atom is -0.385 e. The second-order valence-corrected chi connectivity index (χ2v) is 8.95. The molecule has 0 amide bonds. The Morgan fingerprint density at radius 2 is 1.83 bits per heavy atom. The van der Waals surface area contributed by atoms with Crippen LogP contribution in [0, 0.1) is 17.3 Å². The summed E-state index contributed by atoms with van der Waals surface area (Å²) in [6, 6.07) is 0. The van der Waals surface area contributed by atoms with Crippen LogP contribution in [-0.2, 0) is 14.3 Å². The third-order valence-corrected chi connectivity index (χ3v) is 7.93. The van der Waals surface area contributed by atoms with Gasteiger partial charge in [-0.2, -0.15) is 0 Å². The van der Waals surface area contributed by atoms with Crippen molar-refractivity contribution in [1.82, 2.24) is 0 Å². The molecule has 4 aliphatic carbocycles. The first kappa shape index (κ1) is 15.5. The van der Waals surface area contributed by atoms with Crippen LogP contribution in [0.15, 0.2) is 11.1 Å². The average Bonchev–Trinajstić information content (AvgIpc) is 3.11. The summed E-state index contributed by atoms with van der Waals surface area (Å²) >= 11 is 0. The highest BCUT2D eigenvalue weighted by Gasteiger charge is 2.58. The number of allylic oxidation sites excluding steroid dienone is 1. The number of hydrogen-bond donors (Lipinski definition) is 1. The maximum absolute atomic E-state index is 12.4. The van der Waals surface area contributed by atoms with Gasteiger partial charge >= 0.3 is 0 Å². The van der Waals surface area contributed by atoms with Crippen LogP contribution < -0.4 is 0 Å². The predicted octanol–water partition coefficient (Wildman–Crippen LogP) is 3.13. The smallest absolute Gasteiger partial charge is 0.171 e. The number of hydrogen-bond acceptors (Lipinski definition) is 4. The van der Waals surface area contributed by atoms with E-state index >= 15 is 0 Å². The van der Waals surface area contributed by atoms with Gasteiger partial charge in [-0.25, -0.2) is 0 Å². The average molecular weight is 332 g/mol. The number of ether oxygens (including phenoxy) is 2. The van der Waals surface area contributed by atoms with Crippen molar-refractivity contribution in [3.8, 4) is 0 Å². The molecule has 3 saturated carbocycles. The zero-order valence-electron chi connectivity index (χ0n) is 14.6. The SMILES string of the molecule is CC12CCC3=C4CCC5(CC4(O)CCC3C1CCC2=O)OCCO5. The Bertz CT molecular complexity index is 617. The van der Waals surface area contributed by atoms with Crippen molar-refractivity contribution in [2.45, 2.75) is 76.1 Å². The summed E-state index contributed by atoms with van der Waals surface area (Å²) in [5.74, 6) is 0.955. The van der Waals surface area contributed by atoms with Gasteiger partial charge in [0, 0.05) is 24.7 Å². The molecule has 4 heteroatoms. The van der Waals surface area contributed by atoms with Crippen molar-refractivity contribution in [3.05, 3.63) is 11.1 Å². The zero-order chi connectivity index (χ0) is 16.6. The lowest BCUT2D eigenvalue weighted by Crippen LogP contribution is -2.52. The van der Waals surface area contributed by atoms with Crippen LogP contribution in [-0.4, -0.2) is 35.5 Å². The van der Waals surface area contributed by atoms with Gasteiger partial charge in [-0.3, -0.25) is 4.79 Å². The lowest BCUT2D eigenvalue weighted by Gasteiger charge is -2.52. The van der Waals surface area contributed by atoms with Gasteiger partial charge in [-0.05, 0) is 55.9 Å². The highest BCUT2D eigenvalue weighted by atomic mass is 16.7. The summed E-state index contributed by atoms with van der Waals surface area (Å²) in [4.78, 5) is 12.4. The van der Waals surface area contributed by atoms with Crippen LogP contribution in [0.4, 0.5) is 0 Å². The maximum Gasteiger partial charge on any atom is 0.171 e. The van der Waals surface area contributed by atoms with Crippen molar-refractivity contribution in [3.63, 3.8) is 0 Å². The molecule has 1 saturated heterocycles. The minimum atomic E-state index is -0.745. The van der Waals surface area contributed by atoms with E-state index in [2.05, 4.69) is 6.92 Å². The first-order valence-electron chi connectivity index (χ1n) is 9.72. The number of ketones is 1. The molecule has 1 spiro atoms. The molecule has 1 heterocycles. The summed E-state index contributed by atoms with van der Waals surface area (Å²) in [6.45, 7) is 3.49. The first-order valence-corrected chi connectivity index (χ1v) is 9.72. The van der Waals surface area contributed by atoms with Crippen LogP contribution in [0.25, 0.3) is 0 Å². The van der Waals surface area contributed by atoms with Gasteiger partial charge in [-0.15, -0.1) is 0 Å². The summed E-state index contributed by atoms with van der Waals surface area (Å²) in [6.07, 6.45) is 7.93. The van der Waals surface area contributed by atoms with Crippen LogP contribution in [0.3, 0.4) is 0 Å². The van der Waals surface area contributed by atoms with Gasteiger partial charge in [0.05, 0.1) is 18.8 Å². The van der Waals surface area contributed by atoms with Crippen LogP contribution in [0.5, 0.6) is 0 Å². The molecule has 0 aromatic carbocycles. The fourth-order valence-corrected chi connectivity index (χ4v) is 6.67. The third-order valence-electron chi connectivity index (χ3n) is 7.93. The number of fused-ring (bicyclic) bond motifs is 4. The molecule has 1 N–H and O–H groups in total. The molecule has 5 aliphatic rings. The van der Waals surface area contributed by atoms with Gasteiger partial charge in [0.1, 0.15) is 5.78 Å². The summed E-state index contributed by atoms with van der Waals surface area (Å²) in [5, 5.41) is 11.4. The lowest BCUT2D eigenvalue weighted by atomic mass is 9.55. The van der Waals surface area contributed by atoms with E-state index in [4.69, 9.17) is 9.47 Å². The summed E-state index contributed by atoms with van der Waals surface area (Å²) in [5.41, 5.74) is 1.93. The van der Waals surface area contributed by atoms with Crippen LogP contribution in [0.1, 0.15) is 64.7 Å². The van der Waals surface area contributed by atoms with Gasteiger partial charge in [0.15, 0.2) is 5.79 Å². The van der Waals surface area contributed by atoms with Crippen molar-refractivity contribution in [2.24, 2.45) is 17.3 Å². The van der Waals surface area contributed by atoms with E-state index in [1.54, 1.807) is 0 Å². The second-order valence-electron chi connectivity index (χ2n) is 8.95. The molecule has 24 heavy (non-hydrogen) atoms. The predicted molar refractivity (Wildman–Crippen MR) is 88.3 cm³/mol. The molecular formula is C20H28O4. The number of carbonyl (C=O) groups is 1. The Kier molecular flexibility index (Phi) is 3.19. The van der Waals surface area contributed by atoms with E-state index < -0.39 is 11.4 Å². The van der Waals surface area contributed by atoms with E-state index in [0.29, 0.717) is 37.3 Å². The van der Waals surface area contributed by atoms with Crippen molar-refractivity contribution in [1.29, 1.82) is 0 Å². The normalized spacial score (nSPS) is 46.8. The monoisotopic (exact) mass is 332 g/mol. The van der Waals surface area contributed by atoms with Gasteiger partial charge in [0.2, 0.25) is 0 Å². The molecule has 4 fully saturated rings. The Balaban J connectivity index is 1.50. The molecule has 1 aliphatic heterocycles. The largest absolute Gasteiger partial charge is 0.385 e. The second kappa shape index (κ2) is 4.93. The Morgan fingerprint density at radius 1 is 1.04 bits per heavy atom. The molecule has 132 valence electrons. The van der Waals surface area contributed by atoms with Crippen molar-refractivity contribution in [2.75, 3.05) is 13.2 Å². The minimum absolute atomic E-state index is 0.0995. The molecule has 4 nitrogen and oxygen atoms in total. The first-order chi connectivity index (χ1) is 11.5. The summed E-state index contributed by atoms with van der Waals surface area (Å²) in [7, 11) is 0. The van der Waals surface area contributed by atoms with Crippen LogP contribution in [0.2, 0.25) is 0 Å². The van der Waals surface area contributed by atoms with Gasteiger partial charge < -0.3 is 14.6 Å². The molecule has 5 rings (SSSR count). The third kappa shape index (κ3) is 1.94. The van der Waals surface area contributed by atoms with E-state index in [0.717, 1.165) is 51.4 Å². The van der Waals surface area contributed by atoms with E-state index in [-0.39, 0.29) is 5.41 Å². The van der Waals surface area contributed by atoms with E-state index in [9.17, 15) is 9.90 Å². The number of rotatable bonds is 0.